The molecule has 2 fully saturated rings. The number of ether oxygens (including phenoxy) is 1. The molecule has 2 aliphatic heterocycles. The van der Waals surface area contributed by atoms with Crippen LogP contribution in [0.4, 0.5) is 5.69 Å². The number of piperazine rings is 1. The van der Waals surface area contributed by atoms with Crippen LogP contribution in [0.5, 0.6) is 5.75 Å². The summed E-state index contributed by atoms with van der Waals surface area (Å²) in [5.41, 5.74) is 3.58. The Morgan fingerprint density at radius 1 is 1.20 bits per heavy atom. The van der Waals surface area contributed by atoms with Gasteiger partial charge in [0.15, 0.2) is 0 Å². The molecule has 5 rings (SSSR count). The van der Waals surface area contributed by atoms with Gasteiger partial charge in [0.25, 0.3) is 0 Å². The predicted octanol–water partition coefficient (Wildman–Crippen LogP) is 4.38. The summed E-state index contributed by atoms with van der Waals surface area (Å²) >= 11 is 8.21. The number of aromatic nitrogens is 3. The fourth-order valence-electron chi connectivity index (χ4n) is 4.41. The molecule has 5 heterocycles. The zero-order valence-electron chi connectivity index (χ0n) is 20.7. The number of anilines is 1. The summed E-state index contributed by atoms with van der Waals surface area (Å²) in [4.78, 5) is 18.7. The molecular formula is C25H33ClN6O2S. The van der Waals surface area contributed by atoms with E-state index in [1.54, 1.807) is 22.7 Å². The topological polar surface area (TPSA) is 75.0 Å². The first kappa shape index (κ1) is 25.6. The lowest BCUT2D eigenvalue weighted by Gasteiger charge is -2.34. The summed E-state index contributed by atoms with van der Waals surface area (Å²) in [7, 11) is 0. The number of halogens is 1. The Morgan fingerprint density at radius 3 is 2.60 bits per heavy atom. The van der Waals surface area contributed by atoms with Crippen LogP contribution in [0.25, 0.3) is 16.8 Å². The average molecular weight is 517 g/mol. The van der Waals surface area contributed by atoms with Gasteiger partial charge in [-0.05, 0) is 31.4 Å². The molecule has 2 unspecified atom stereocenters. The fourth-order valence-corrected chi connectivity index (χ4v) is 5.16. The van der Waals surface area contributed by atoms with Gasteiger partial charge in [0.2, 0.25) is 5.91 Å². The molecule has 0 radical (unpaired) electrons. The summed E-state index contributed by atoms with van der Waals surface area (Å²) in [6, 6.07) is 6.12. The van der Waals surface area contributed by atoms with Gasteiger partial charge in [-0.25, -0.2) is 8.82 Å². The zero-order valence-corrected chi connectivity index (χ0v) is 22.3. The van der Waals surface area contributed by atoms with Crippen molar-refractivity contribution in [3.8, 4) is 17.0 Å². The SMILES string of the molecule is CC.CSN1CCN(c2ccc(-c3cc(OC(C)C4CNC(=O)C4)c4c(Cl)cnn4c3)nc2)CC1. The van der Waals surface area contributed by atoms with Crippen LogP contribution in [0.15, 0.2) is 36.8 Å². The van der Waals surface area contributed by atoms with Crippen LogP contribution < -0.4 is 15.0 Å². The number of hydrogen-bond donors (Lipinski definition) is 1. The van der Waals surface area contributed by atoms with Crippen LogP contribution in [0.3, 0.4) is 0 Å². The Bertz CT molecular complexity index is 1150. The number of fused-ring (bicyclic) bond motifs is 1. The number of nitrogens with one attached hydrogen (secondary N) is 1. The zero-order chi connectivity index (χ0) is 24.9. The molecule has 0 aliphatic carbocycles. The molecule has 1 N–H and O–H groups in total. The summed E-state index contributed by atoms with van der Waals surface area (Å²) in [5, 5.41) is 7.78. The minimum absolute atomic E-state index is 0.0656. The summed E-state index contributed by atoms with van der Waals surface area (Å²) < 4.78 is 10.4. The van der Waals surface area contributed by atoms with Gasteiger partial charge in [-0.1, -0.05) is 37.4 Å². The Balaban J connectivity index is 0.00000141. The predicted molar refractivity (Wildman–Crippen MR) is 143 cm³/mol. The molecular weight excluding hydrogens is 484 g/mol. The molecule has 0 aromatic carbocycles. The molecule has 0 bridgehead atoms. The largest absolute Gasteiger partial charge is 0.488 e. The van der Waals surface area contributed by atoms with Crippen LogP contribution in [0.1, 0.15) is 27.2 Å². The van der Waals surface area contributed by atoms with Crippen molar-refractivity contribution in [1.82, 2.24) is 24.2 Å². The molecule has 188 valence electrons. The first-order valence-corrected chi connectivity index (χ1v) is 13.7. The van der Waals surface area contributed by atoms with Crippen LogP contribution in [-0.4, -0.2) is 69.9 Å². The second kappa shape index (κ2) is 11.5. The normalized spacial score (nSPS) is 19.3. The third kappa shape index (κ3) is 5.68. The van der Waals surface area contributed by atoms with Crippen LogP contribution in [-0.2, 0) is 4.79 Å². The van der Waals surface area contributed by atoms with E-state index in [4.69, 9.17) is 21.3 Å². The van der Waals surface area contributed by atoms with Gasteiger partial charge in [0.05, 0.1) is 28.8 Å². The first-order valence-electron chi connectivity index (χ1n) is 12.1. The molecule has 3 aromatic heterocycles. The van der Waals surface area contributed by atoms with E-state index in [0.29, 0.717) is 29.3 Å². The smallest absolute Gasteiger partial charge is 0.220 e. The van der Waals surface area contributed by atoms with Gasteiger partial charge in [-0.3, -0.25) is 9.78 Å². The maximum absolute atomic E-state index is 11.6. The van der Waals surface area contributed by atoms with Crippen LogP contribution >= 0.6 is 23.5 Å². The lowest BCUT2D eigenvalue weighted by Crippen LogP contribution is -2.43. The summed E-state index contributed by atoms with van der Waals surface area (Å²) in [6.07, 6.45) is 7.91. The second-order valence-corrected chi connectivity index (χ2v) is 9.76. The van der Waals surface area contributed by atoms with Gasteiger partial charge in [-0.15, -0.1) is 0 Å². The molecule has 3 aromatic rings. The van der Waals surface area contributed by atoms with Crippen molar-refractivity contribution in [3.05, 3.63) is 41.8 Å². The van der Waals surface area contributed by atoms with Gasteiger partial charge < -0.3 is 15.0 Å². The van der Waals surface area contributed by atoms with E-state index >= 15 is 0 Å². The van der Waals surface area contributed by atoms with E-state index in [-0.39, 0.29) is 17.9 Å². The van der Waals surface area contributed by atoms with Crippen LogP contribution in [0.2, 0.25) is 5.02 Å². The van der Waals surface area contributed by atoms with E-state index in [9.17, 15) is 4.79 Å². The van der Waals surface area contributed by atoms with E-state index < -0.39 is 0 Å². The summed E-state index contributed by atoms with van der Waals surface area (Å²) in [6.45, 7) is 10.7. The number of rotatable bonds is 6. The van der Waals surface area contributed by atoms with Crippen molar-refractivity contribution in [1.29, 1.82) is 0 Å². The molecule has 2 aliphatic rings. The van der Waals surface area contributed by atoms with Crippen LogP contribution in [0, 0.1) is 5.92 Å². The highest BCUT2D eigenvalue weighted by Crippen LogP contribution is 2.34. The lowest BCUT2D eigenvalue weighted by atomic mass is 10.0. The lowest BCUT2D eigenvalue weighted by molar-refractivity contribution is -0.119. The third-order valence-electron chi connectivity index (χ3n) is 6.42. The van der Waals surface area contributed by atoms with Crippen molar-refractivity contribution in [2.24, 2.45) is 5.92 Å². The summed E-state index contributed by atoms with van der Waals surface area (Å²) in [5.74, 6) is 0.823. The average Bonchev–Trinajstić information content (AvgIpc) is 3.51. The van der Waals surface area contributed by atoms with Crippen molar-refractivity contribution in [2.45, 2.75) is 33.3 Å². The number of carbonyl (C=O) groups excluding carboxylic acids is 1. The molecule has 2 saturated heterocycles. The monoisotopic (exact) mass is 516 g/mol. The highest BCUT2D eigenvalue weighted by atomic mass is 35.5. The second-order valence-electron chi connectivity index (χ2n) is 8.47. The number of carbonyl (C=O) groups is 1. The number of hydrogen-bond acceptors (Lipinski definition) is 7. The van der Waals surface area contributed by atoms with Gasteiger partial charge in [0, 0.05) is 56.8 Å². The quantitative estimate of drug-likeness (QED) is 0.487. The Hall–Kier alpha value is -2.49. The van der Waals surface area contributed by atoms with Crippen molar-refractivity contribution >= 4 is 40.7 Å². The highest BCUT2D eigenvalue weighted by Gasteiger charge is 2.29. The van der Waals surface area contributed by atoms with Crippen molar-refractivity contribution in [3.63, 3.8) is 0 Å². The molecule has 10 heteroatoms. The van der Waals surface area contributed by atoms with Crippen molar-refractivity contribution < 1.29 is 9.53 Å². The molecule has 0 saturated carbocycles. The molecule has 35 heavy (non-hydrogen) atoms. The number of pyridine rings is 2. The first-order chi connectivity index (χ1) is 17.0. The fraction of sp³-hybridized carbons (Fsp3) is 0.480. The van der Waals surface area contributed by atoms with E-state index in [0.717, 1.165) is 43.1 Å². The van der Waals surface area contributed by atoms with E-state index in [1.165, 1.54) is 0 Å². The maximum Gasteiger partial charge on any atom is 0.220 e. The highest BCUT2D eigenvalue weighted by molar-refractivity contribution is 7.96. The number of nitrogens with zero attached hydrogens (tertiary/aromatic N) is 5. The molecule has 1 amide bonds. The Labute approximate surface area is 216 Å². The van der Waals surface area contributed by atoms with E-state index in [2.05, 4.69) is 31.9 Å². The van der Waals surface area contributed by atoms with E-state index in [1.807, 2.05) is 45.3 Å². The Kier molecular flexibility index (Phi) is 8.41. The third-order valence-corrected chi connectivity index (χ3v) is 7.58. The molecule has 2 atom stereocenters. The Morgan fingerprint density at radius 2 is 1.97 bits per heavy atom. The van der Waals surface area contributed by atoms with Gasteiger partial charge >= 0.3 is 0 Å². The minimum Gasteiger partial charge on any atom is -0.488 e. The minimum atomic E-state index is -0.149. The molecule has 0 spiro atoms. The number of amides is 1. The van der Waals surface area contributed by atoms with Gasteiger partial charge in [-0.2, -0.15) is 5.10 Å². The standard InChI is InChI=1S/C23H27ClN6O2S.C2H6/c1-15(16-10-22(31)26-11-16)32-21-9-17(14-30-23(21)19(24)13-27-30)20-4-3-18(12-25-20)28-5-7-29(33-2)8-6-28;1-2/h3-4,9,12-16H,5-8,10-11H2,1-2H3,(H,26,31);1-2H3. The van der Waals surface area contributed by atoms with Crippen molar-refractivity contribution in [2.75, 3.05) is 43.9 Å². The molecule has 8 nitrogen and oxygen atoms in total. The maximum atomic E-state index is 11.6. The van der Waals surface area contributed by atoms with Gasteiger partial charge in [0.1, 0.15) is 17.4 Å².